The molecule has 11 heavy (non-hydrogen) atoms. The van der Waals surface area contributed by atoms with E-state index in [4.69, 9.17) is 9.47 Å². The molecule has 0 bridgehead atoms. The SMILES string of the molecule is COC(OC)[SiH2]CCCS.[SiH4]. The summed E-state index contributed by atoms with van der Waals surface area (Å²) in [6.07, 6.45) is 1.19. The minimum absolute atomic E-state index is 0. The fourth-order valence-corrected chi connectivity index (χ4v) is 2.74. The van der Waals surface area contributed by atoms with Gasteiger partial charge in [0.1, 0.15) is 5.91 Å². The molecule has 0 aromatic rings. The number of methoxy groups -OCH3 is 2. The van der Waals surface area contributed by atoms with Gasteiger partial charge in [0, 0.05) is 14.2 Å². The molecular formula is C6H20O2SSi2. The molecule has 0 saturated heterocycles. The molecule has 0 aromatic heterocycles. The Bertz CT molecular complexity index is 71.6. The van der Waals surface area contributed by atoms with E-state index in [0.29, 0.717) is 0 Å². The molecule has 0 atom stereocenters. The highest BCUT2D eigenvalue weighted by Gasteiger charge is 2.03. The lowest BCUT2D eigenvalue weighted by Crippen LogP contribution is -2.20. The molecule has 0 spiro atoms. The van der Waals surface area contributed by atoms with E-state index < -0.39 is 0 Å². The summed E-state index contributed by atoms with van der Waals surface area (Å²) >= 11 is 4.12. The van der Waals surface area contributed by atoms with Gasteiger partial charge in [-0.2, -0.15) is 12.6 Å². The molecule has 0 unspecified atom stereocenters. The maximum atomic E-state index is 5.06. The lowest BCUT2D eigenvalue weighted by molar-refractivity contribution is -0.0441. The van der Waals surface area contributed by atoms with Gasteiger partial charge in [0.05, 0.1) is 9.52 Å². The van der Waals surface area contributed by atoms with Gasteiger partial charge < -0.3 is 9.47 Å². The summed E-state index contributed by atoms with van der Waals surface area (Å²) in [6.45, 7) is 0. The van der Waals surface area contributed by atoms with Crippen LogP contribution in [0.15, 0.2) is 0 Å². The van der Waals surface area contributed by atoms with Crippen molar-refractivity contribution in [1.82, 2.24) is 0 Å². The topological polar surface area (TPSA) is 18.5 Å². The Morgan fingerprint density at radius 2 is 1.91 bits per heavy atom. The molecule has 0 radical (unpaired) electrons. The van der Waals surface area contributed by atoms with Crippen molar-refractivity contribution in [3.63, 3.8) is 0 Å². The van der Waals surface area contributed by atoms with E-state index in [0.717, 1.165) is 5.75 Å². The Morgan fingerprint density at radius 3 is 2.27 bits per heavy atom. The van der Waals surface area contributed by atoms with Crippen LogP contribution in [0.2, 0.25) is 6.04 Å². The molecule has 0 aliphatic heterocycles. The zero-order chi connectivity index (χ0) is 7.82. The monoisotopic (exact) mass is 212 g/mol. The third kappa shape index (κ3) is 8.61. The normalized spacial score (nSPS) is 10.9. The highest BCUT2D eigenvalue weighted by Crippen LogP contribution is 1.96. The first-order chi connectivity index (χ1) is 4.85. The van der Waals surface area contributed by atoms with E-state index >= 15 is 0 Å². The van der Waals surface area contributed by atoms with Crippen molar-refractivity contribution in [2.45, 2.75) is 18.4 Å². The molecule has 0 heterocycles. The largest absolute Gasteiger partial charge is 0.360 e. The summed E-state index contributed by atoms with van der Waals surface area (Å²) in [5, 5.41) is 0. The smallest absolute Gasteiger partial charge is 0.134 e. The Labute approximate surface area is 81.3 Å². The quantitative estimate of drug-likeness (QED) is 0.264. The predicted molar refractivity (Wildman–Crippen MR) is 61.0 cm³/mol. The van der Waals surface area contributed by atoms with Crippen LogP contribution in [0.1, 0.15) is 6.42 Å². The number of ether oxygens (including phenoxy) is 2. The molecule has 5 heteroatoms. The highest BCUT2D eigenvalue weighted by atomic mass is 32.1. The lowest BCUT2D eigenvalue weighted by atomic mass is 10.6. The van der Waals surface area contributed by atoms with Crippen molar-refractivity contribution < 1.29 is 9.47 Å². The Kier molecular flexibility index (Phi) is 13.9. The van der Waals surface area contributed by atoms with Gasteiger partial charge in [-0.3, -0.25) is 0 Å². The van der Waals surface area contributed by atoms with E-state index in [1.807, 2.05) is 0 Å². The van der Waals surface area contributed by atoms with E-state index in [1.54, 1.807) is 14.2 Å². The van der Waals surface area contributed by atoms with Crippen molar-refractivity contribution in [3.8, 4) is 0 Å². The molecule has 0 aromatic carbocycles. The Balaban J connectivity index is 0. The van der Waals surface area contributed by atoms with Crippen molar-refractivity contribution in [2.75, 3.05) is 20.0 Å². The first-order valence-electron chi connectivity index (χ1n) is 3.51. The zero-order valence-corrected chi connectivity index (χ0v) is 8.98. The first-order valence-corrected chi connectivity index (χ1v) is 5.96. The molecule has 0 rings (SSSR count). The molecule has 0 N–H and O–H groups in total. The second-order valence-corrected chi connectivity index (χ2v) is 4.52. The van der Waals surface area contributed by atoms with Gasteiger partial charge in [-0.25, -0.2) is 0 Å². The average molecular weight is 212 g/mol. The third-order valence-electron chi connectivity index (χ3n) is 1.37. The second-order valence-electron chi connectivity index (χ2n) is 2.12. The van der Waals surface area contributed by atoms with Crippen LogP contribution >= 0.6 is 12.6 Å². The van der Waals surface area contributed by atoms with E-state index in [9.17, 15) is 0 Å². The maximum Gasteiger partial charge on any atom is 0.134 e. The third-order valence-corrected chi connectivity index (χ3v) is 3.74. The van der Waals surface area contributed by atoms with Crippen molar-refractivity contribution in [1.29, 1.82) is 0 Å². The van der Waals surface area contributed by atoms with Gasteiger partial charge in [-0.1, -0.05) is 6.04 Å². The van der Waals surface area contributed by atoms with Gasteiger partial charge in [-0.05, 0) is 23.1 Å². The zero-order valence-electron chi connectivity index (χ0n) is 6.67. The van der Waals surface area contributed by atoms with Crippen LogP contribution in [-0.2, 0) is 9.47 Å². The van der Waals surface area contributed by atoms with Crippen LogP contribution in [0.4, 0.5) is 0 Å². The number of thiol groups is 1. The summed E-state index contributed by atoms with van der Waals surface area (Å²) in [4.78, 5) is 0. The summed E-state index contributed by atoms with van der Waals surface area (Å²) in [7, 11) is 3.21. The molecule has 0 saturated carbocycles. The fraction of sp³-hybridized carbons (Fsp3) is 1.00. The first kappa shape index (κ1) is 14.2. The van der Waals surface area contributed by atoms with E-state index in [-0.39, 0.29) is 26.4 Å². The number of rotatable bonds is 6. The van der Waals surface area contributed by atoms with Gasteiger partial charge in [0.2, 0.25) is 0 Å². The molecule has 0 amide bonds. The van der Waals surface area contributed by atoms with Gasteiger partial charge in [0.25, 0.3) is 0 Å². The van der Waals surface area contributed by atoms with Crippen LogP contribution in [0.25, 0.3) is 0 Å². The van der Waals surface area contributed by atoms with Crippen molar-refractivity contribution in [2.24, 2.45) is 0 Å². The Morgan fingerprint density at radius 1 is 1.36 bits per heavy atom. The van der Waals surface area contributed by atoms with E-state index in [1.165, 1.54) is 12.5 Å². The molecule has 0 aliphatic rings. The van der Waals surface area contributed by atoms with Crippen molar-refractivity contribution in [3.05, 3.63) is 0 Å². The summed E-state index contributed by atoms with van der Waals surface area (Å²) in [5.41, 5.74) is 0. The van der Waals surface area contributed by atoms with E-state index in [2.05, 4.69) is 12.6 Å². The summed E-state index contributed by atoms with van der Waals surface area (Å²) in [5.74, 6) is 1.09. The van der Waals surface area contributed by atoms with Gasteiger partial charge in [-0.15, -0.1) is 0 Å². The van der Waals surface area contributed by atoms with Crippen LogP contribution < -0.4 is 0 Å². The summed E-state index contributed by atoms with van der Waals surface area (Å²) < 4.78 is 10.1. The molecule has 70 valence electrons. The maximum absolute atomic E-state index is 5.06. The highest BCUT2D eigenvalue weighted by molar-refractivity contribution is 7.80. The molecule has 2 nitrogen and oxygen atoms in total. The van der Waals surface area contributed by atoms with Crippen LogP contribution in [0.3, 0.4) is 0 Å². The van der Waals surface area contributed by atoms with Crippen LogP contribution in [0, 0.1) is 0 Å². The molecular weight excluding hydrogens is 192 g/mol. The minimum Gasteiger partial charge on any atom is -0.360 e. The standard InChI is InChI=1S/C6H16O2SSi.H4Si/c1-7-6(8-2)10-5-3-4-9;/h6,9H,3-5,10H2,1-2H3;1H4. The Hall–Kier alpha value is 0.704. The predicted octanol–water partition coefficient (Wildman–Crippen LogP) is -0.982. The summed E-state index contributed by atoms with van der Waals surface area (Å²) in [6, 6.07) is 1.26. The van der Waals surface area contributed by atoms with Crippen LogP contribution in [-0.4, -0.2) is 46.4 Å². The second kappa shape index (κ2) is 10.7. The fourth-order valence-electron chi connectivity index (χ4n) is 0.755. The van der Waals surface area contributed by atoms with Gasteiger partial charge >= 0.3 is 0 Å². The lowest BCUT2D eigenvalue weighted by Gasteiger charge is -2.11. The van der Waals surface area contributed by atoms with Crippen molar-refractivity contribution >= 4 is 33.1 Å². The number of hydrogen-bond acceptors (Lipinski definition) is 3. The molecule has 0 aliphatic carbocycles. The van der Waals surface area contributed by atoms with Crippen LogP contribution in [0.5, 0.6) is 0 Å². The van der Waals surface area contributed by atoms with Gasteiger partial charge in [0.15, 0.2) is 0 Å². The number of hydrogen-bond donors (Lipinski definition) is 1. The molecule has 0 fully saturated rings. The average Bonchev–Trinajstić information content (AvgIpc) is 1.99. The minimum atomic E-state index is -0.179.